The molecule has 0 atom stereocenters. The van der Waals surface area contributed by atoms with E-state index in [9.17, 15) is 0 Å². The third-order valence-corrected chi connectivity index (χ3v) is 7.48. The molecule has 0 aliphatic heterocycles. The maximum Gasteiger partial charge on any atom is 0.277 e. The average molecular weight is 431 g/mol. The van der Waals surface area contributed by atoms with Crippen molar-refractivity contribution in [3.05, 3.63) is 38.2 Å². The normalized spacial score (nSPS) is 13.9. The molecule has 5 rings (SSSR count). The van der Waals surface area contributed by atoms with Crippen molar-refractivity contribution < 1.29 is 4.42 Å². The van der Waals surface area contributed by atoms with Crippen molar-refractivity contribution in [1.82, 2.24) is 25.1 Å². The van der Waals surface area contributed by atoms with E-state index in [2.05, 4.69) is 20.2 Å². The van der Waals surface area contributed by atoms with Crippen LogP contribution in [-0.2, 0) is 25.0 Å². The topological polar surface area (TPSA) is 104 Å². The Labute approximate surface area is 173 Å². The maximum absolute atomic E-state index is 6.28. The number of nitrogens with two attached hydrogens (primary N) is 1. The van der Waals surface area contributed by atoms with Crippen LogP contribution in [0.25, 0.3) is 10.2 Å². The quantitative estimate of drug-likeness (QED) is 0.470. The molecule has 7 nitrogen and oxygen atoms in total. The third kappa shape index (κ3) is 3.51. The Morgan fingerprint density at radius 1 is 1.18 bits per heavy atom. The van der Waals surface area contributed by atoms with E-state index in [4.69, 9.17) is 15.1 Å². The first-order valence-electron chi connectivity index (χ1n) is 9.08. The second-order valence-electron chi connectivity index (χ2n) is 6.70. The number of fused-ring (bicyclic) bond motifs is 3. The Bertz CT molecular complexity index is 1150. The van der Waals surface area contributed by atoms with Crippen LogP contribution in [0.2, 0.25) is 0 Å². The molecule has 0 amide bonds. The molecule has 1 aliphatic rings. The highest BCUT2D eigenvalue weighted by molar-refractivity contribution is 7.98. The summed E-state index contributed by atoms with van der Waals surface area (Å²) in [6.45, 7) is 1.98. The van der Waals surface area contributed by atoms with Crippen LogP contribution in [0.3, 0.4) is 0 Å². The second-order valence-corrected chi connectivity index (χ2v) is 9.77. The molecule has 0 unspecified atom stereocenters. The summed E-state index contributed by atoms with van der Waals surface area (Å²) in [6, 6.07) is 0. The molecule has 0 radical (unpaired) electrons. The predicted molar refractivity (Wildman–Crippen MR) is 112 cm³/mol. The minimum atomic E-state index is 0.509. The lowest BCUT2D eigenvalue weighted by molar-refractivity contribution is 0.419. The first-order chi connectivity index (χ1) is 13.7. The Morgan fingerprint density at radius 2 is 2.07 bits per heavy atom. The van der Waals surface area contributed by atoms with Crippen molar-refractivity contribution in [2.45, 2.75) is 50.0 Å². The number of nitrogens with zero attached hydrogens (tertiary/aromatic N) is 5. The Morgan fingerprint density at radius 3 is 2.93 bits per heavy atom. The van der Waals surface area contributed by atoms with Crippen molar-refractivity contribution in [3.63, 3.8) is 0 Å². The number of hydrogen-bond donors (Lipinski definition) is 1. The number of anilines is 1. The highest BCUT2D eigenvalue weighted by Gasteiger charge is 2.20. The van der Waals surface area contributed by atoms with E-state index in [1.165, 1.54) is 35.0 Å². The van der Waals surface area contributed by atoms with Gasteiger partial charge in [-0.1, -0.05) is 11.8 Å². The van der Waals surface area contributed by atoms with Gasteiger partial charge in [-0.05, 0) is 38.2 Å². The van der Waals surface area contributed by atoms with Gasteiger partial charge in [-0.2, -0.15) is 0 Å². The van der Waals surface area contributed by atoms with Gasteiger partial charge in [0.1, 0.15) is 16.5 Å². The molecule has 10 heteroatoms. The van der Waals surface area contributed by atoms with E-state index in [-0.39, 0.29) is 0 Å². The molecule has 0 bridgehead atoms. The summed E-state index contributed by atoms with van der Waals surface area (Å²) in [5.74, 6) is 2.39. The number of hydrogen-bond acceptors (Lipinski definition) is 10. The largest absolute Gasteiger partial charge is 0.416 e. The number of thiophene rings is 1. The standard InChI is InChI=1S/C18H18N6OS3/c1-9-20-10(7-26-9)6-14-23-24-18(25-14)27-8-13-21-16(19)15-11-4-2-3-5-12(11)28-17(15)22-13/h7H,2-6,8H2,1H3,(H2,19,21,22). The fraction of sp³-hybridized carbons (Fsp3) is 0.389. The summed E-state index contributed by atoms with van der Waals surface area (Å²) in [5, 5.41) is 12.8. The van der Waals surface area contributed by atoms with Gasteiger partial charge in [-0.3, -0.25) is 0 Å². The van der Waals surface area contributed by atoms with Gasteiger partial charge in [0.2, 0.25) is 5.89 Å². The minimum Gasteiger partial charge on any atom is -0.416 e. The SMILES string of the molecule is Cc1nc(Cc2nnc(SCc3nc(N)c4c5c(sc4n3)CCCC5)o2)cs1. The van der Waals surface area contributed by atoms with Gasteiger partial charge >= 0.3 is 0 Å². The highest BCUT2D eigenvalue weighted by atomic mass is 32.2. The zero-order valence-electron chi connectivity index (χ0n) is 15.3. The van der Waals surface area contributed by atoms with Gasteiger partial charge < -0.3 is 10.2 Å². The van der Waals surface area contributed by atoms with E-state index >= 15 is 0 Å². The summed E-state index contributed by atoms with van der Waals surface area (Å²) in [4.78, 5) is 16.1. The molecule has 28 heavy (non-hydrogen) atoms. The van der Waals surface area contributed by atoms with Gasteiger partial charge in [0, 0.05) is 10.3 Å². The summed E-state index contributed by atoms with van der Waals surface area (Å²) < 4.78 is 5.72. The number of aromatic nitrogens is 5. The Kier molecular flexibility index (Phi) is 4.77. The first kappa shape index (κ1) is 18.0. The molecule has 0 saturated carbocycles. The molecule has 1 aliphatic carbocycles. The molecular formula is C18H18N6OS3. The molecule has 2 N–H and O–H groups in total. The second kappa shape index (κ2) is 7.41. The summed E-state index contributed by atoms with van der Waals surface area (Å²) in [5.41, 5.74) is 8.59. The van der Waals surface area contributed by atoms with Crippen LogP contribution in [0.15, 0.2) is 15.0 Å². The van der Waals surface area contributed by atoms with Crippen molar-refractivity contribution in [2.24, 2.45) is 0 Å². The molecule has 0 saturated heterocycles. The Hall–Kier alpha value is -2.04. The Balaban J connectivity index is 1.31. The molecule has 4 aromatic heterocycles. The molecule has 0 fully saturated rings. The summed E-state index contributed by atoms with van der Waals surface area (Å²) >= 11 is 4.80. The number of thioether (sulfide) groups is 1. The number of nitrogen functional groups attached to an aromatic ring is 1. The van der Waals surface area contributed by atoms with Crippen LogP contribution in [0.5, 0.6) is 0 Å². The van der Waals surface area contributed by atoms with E-state index in [1.54, 1.807) is 22.7 Å². The fourth-order valence-electron chi connectivity index (χ4n) is 3.43. The van der Waals surface area contributed by atoms with Gasteiger partial charge in [0.25, 0.3) is 5.22 Å². The highest BCUT2D eigenvalue weighted by Crippen LogP contribution is 2.38. The van der Waals surface area contributed by atoms with Crippen molar-refractivity contribution in [1.29, 1.82) is 0 Å². The molecule has 4 heterocycles. The van der Waals surface area contributed by atoms with Crippen molar-refractivity contribution >= 4 is 50.5 Å². The van der Waals surface area contributed by atoms with Gasteiger partial charge in [0.15, 0.2) is 0 Å². The van der Waals surface area contributed by atoms with Gasteiger partial charge in [0.05, 0.1) is 28.3 Å². The van der Waals surface area contributed by atoms with Crippen LogP contribution in [-0.4, -0.2) is 25.1 Å². The van der Waals surface area contributed by atoms with Crippen molar-refractivity contribution in [3.8, 4) is 0 Å². The lowest BCUT2D eigenvalue weighted by Crippen LogP contribution is -2.02. The zero-order chi connectivity index (χ0) is 19.1. The molecule has 0 spiro atoms. The monoisotopic (exact) mass is 430 g/mol. The molecular weight excluding hydrogens is 412 g/mol. The van der Waals surface area contributed by atoms with E-state index in [0.29, 0.717) is 34.9 Å². The van der Waals surface area contributed by atoms with E-state index in [1.807, 2.05) is 12.3 Å². The number of aryl methyl sites for hydroxylation is 3. The number of rotatable bonds is 5. The molecule has 144 valence electrons. The van der Waals surface area contributed by atoms with Crippen LogP contribution < -0.4 is 5.73 Å². The van der Waals surface area contributed by atoms with Crippen molar-refractivity contribution in [2.75, 3.05) is 5.73 Å². The lowest BCUT2D eigenvalue weighted by Gasteiger charge is -2.10. The zero-order valence-corrected chi connectivity index (χ0v) is 17.7. The van der Waals surface area contributed by atoms with E-state index in [0.717, 1.165) is 33.8 Å². The van der Waals surface area contributed by atoms with Gasteiger partial charge in [-0.25, -0.2) is 15.0 Å². The fourth-order valence-corrected chi connectivity index (χ4v) is 5.97. The van der Waals surface area contributed by atoms with Crippen LogP contribution in [0.1, 0.15) is 45.7 Å². The first-order valence-corrected chi connectivity index (χ1v) is 11.8. The van der Waals surface area contributed by atoms with Crippen LogP contribution in [0, 0.1) is 6.92 Å². The van der Waals surface area contributed by atoms with Crippen LogP contribution in [0.4, 0.5) is 5.82 Å². The maximum atomic E-state index is 6.28. The summed E-state index contributed by atoms with van der Waals surface area (Å²) in [6.07, 6.45) is 5.23. The minimum absolute atomic E-state index is 0.509. The third-order valence-electron chi connectivity index (χ3n) is 4.66. The van der Waals surface area contributed by atoms with E-state index < -0.39 is 0 Å². The lowest BCUT2D eigenvalue weighted by atomic mass is 9.97. The van der Waals surface area contributed by atoms with Gasteiger partial charge in [-0.15, -0.1) is 32.9 Å². The predicted octanol–water partition coefficient (Wildman–Crippen LogP) is 4.18. The van der Waals surface area contributed by atoms with Crippen LogP contribution >= 0.6 is 34.4 Å². The summed E-state index contributed by atoms with van der Waals surface area (Å²) in [7, 11) is 0. The number of thiazole rings is 1. The molecule has 4 aromatic rings. The molecule has 0 aromatic carbocycles. The smallest absolute Gasteiger partial charge is 0.277 e. The average Bonchev–Trinajstić information content (AvgIpc) is 3.38.